The van der Waals surface area contributed by atoms with Crippen LogP contribution in [0.1, 0.15) is 35.2 Å². The molecule has 0 fully saturated rings. The first-order chi connectivity index (χ1) is 24.4. The van der Waals surface area contributed by atoms with E-state index in [2.05, 4.69) is 4.99 Å². The van der Waals surface area contributed by atoms with Gasteiger partial charge in [0.1, 0.15) is 24.7 Å². The number of thiazole rings is 1. The van der Waals surface area contributed by atoms with Crippen molar-refractivity contribution in [3.05, 3.63) is 159 Å². The number of carbonyl (C=O) groups is 1. The Morgan fingerprint density at radius 2 is 1.43 bits per heavy atom. The number of fused-ring (bicyclic) bond motifs is 1. The second-order valence-electron chi connectivity index (χ2n) is 11.1. The molecule has 0 aliphatic carbocycles. The van der Waals surface area contributed by atoms with Crippen molar-refractivity contribution < 1.29 is 32.2 Å². The Labute approximate surface area is 308 Å². The highest BCUT2D eigenvalue weighted by molar-refractivity contribution is 7.07. The predicted octanol–water partition coefficient (Wildman–Crippen LogP) is 8.46. The van der Waals surface area contributed by atoms with Crippen LogP contribution < -0.4 is 24.4 Å². The average Bonchev–Trinajstić information content (AvgIpc) is 3.42. The van der Waals surface area contributed by atoms with Crippen molar-refractivity contribution in [2.24, 2.45) is 4.99 Å². The highest BCUT2D eigenvalue weighted by Crippen LogP contribution is 2.38. The number of benzene rings is 4. The van der Waals surface area contributed by atoms with Crippen LogP contribution in [0, 0.1) is 0 Å². The maximum atomic E-state index is 14.5. The summed E-state index contributed by atoms with van der Waals surface area (Å²) in [6.07, 6.45) is -3.53. The molecular formula is C37H26Cl3F3N2O5S. The molecule has 0 saturated carbocycles. The molecule has 262 valence electrons. The number of alkyl halides is 3. The number of carbonyl (C=O) groups excluding carboxylic acids is 1. The van der Waals surface area contributed by atoms with E-state index in [1.807, 2.05) is 12.1 Å². The lowest BCUT2D eigenvalue weighted by Gasteiger charge is -2.26. The standard InChI is InChI=1S/C37H26Cl3F3N2O5S/c1-2-48-35(47)31-32(23-7-14-27(40)15-8-23)45-34(46)30(51-36(45)44-33(31)37(41,42)43)17-24-9-16-28(49-19-21-3-10-25(38)11-4-21)18-29(24)50-20-22-5-12-26(39)13-6-22/h3-18,32H,2,19-20H2,1H3/b30-17+/t32-/m1/s1. The van der Waals surface area contributed by atoms with Crippen LogP contribution in [-0.4, -0.2) is 23.3 Å². The zero-order valence-corrected chi connectivity index (χ0v) is 29.6. The van der Waals surface area contributed by atoms with E-state index in [0.717, 1.165) is 27.0 Å². The molecule has 5 aromatic rings. The molecule has 14 heteroatoms. The fourth-order valence-corrected chi connectivity index (χ4v) is 6.65. The summed E-state index contributed by atoms with van der Waals surface area (Å²) in [5, 5.41) is 1.47. The smallest absolute Gasteiger partial charge is 0.434 e. The van der Waals surface area contributed by atoms with E-state index in [1.165, 1.54) is 37.3 Å². The van der Waals surface area contributed by atoms with Crippen LogP contribution in [-0.2, 0) is 22.7 Å². The molecule has 4 aromatic carbocycles. The normalized spacial score (nSPS) is 14.6. The van der Waals surface area contributed by atoms with Gasteiger partial charge in [0.25, 0.3) is 5.56 Å². The number of esters is 1. The largest absolute Gasteiger partial charge is 0.489 e. The van der Waals surface area contributed by atoms with Crippen molar-refractivity contribution in [3.8, 4) is 11.5 Å². The number of ether oxygens (including phenoxy) is 3. The molecule has 1 aliphatic heterocycles. The Kier molecular flexibility index (Phi) is 10.9. The number of hydrogen-bond donors (Lipinski definition) is 0. The summed E-state index contributed by atoms with van der Waals surface area (Å²) in [7, 11) is 0. The third-order valence-corrected chi connectivity index (χ3v) is 9.42. The van der Waals surface area contributed by atoms with Crippen LogP contribution in [0.3, 0.4) is 0 Å². The van der Waals surface area contributed by atoms with E-state index in [-0.39, 0.29) is 34.7 Å². The lowest BCUT2D eigenvalue weighted by Crippen LogP contribution is -2.41. The van der Waals surface area contributed by atoms with E-state index in [9.17, 15) is 22.8 Å². The monoisotopic (exact) mass is 772 g/mol. The van der Waals surface area contributed by atoms with E-state index in [1.54, 1.807) is 54.6 Å². The van der Waals surface area contributed by atoms with Crippen LogP contribution in [0.5, 0.6) is 11.5 Å². The SMILES string of the molecule is CCOC(=O)C1=C(C(F)(F)F)N=c2s/c(=C/c3ccc(OCc4ccc(Cl)cc4)cc3OCc3ccc(Cl)cc3)c(=O)n2[C@@H]1c1ccc(Cl)cc1. The zero-order chi connectivity index (χ0) is 36.3. The first kappa shape index (κ1) is 36.2. The third kappa shape index (κ3) is 8.34. The summed E-state index contributed by atoms with van der Waals surface area (Å²) in [5.74, 6) is -0.442. The number of nitrogens with zero attached hydrogens (tertiary/aromatic N) is 2. The maximum absolute atomic E-state index is 14.5. The highest BCUT2D eigenvalue weighted by atomic mass is 35.5. The summed E-state index contributed by atoms with van der Waals surface area (Å²) >= 11 is 18.9. The van der Waals surface area contributed by atoms with Crippen LogP contribution >= 0.6 is 46.1 Å². The molecule has 0 radical (unpaired) electrons. The van der Waals surface area contributed by atoms with Crippen molar-refractivity contribution >= 4 is 58.2 Å². The van der Waals surface area contributed by atoms with Gasteiger partial charge < -0.3 is 14.2 Å². The van der Waals surface area contributed by atoms with Gasteiger partial charge in [0, 0.05) is 26.7 Å². The molecule has 7 nitrogen and oxygen atoms in total. The minimum absolute atomic E-state index is 0.0468. The van der Waals surface area contributed by atoms with Gasteiger partial charge in [-0.15, -0.1) is 0 Å². The molecule has 1 aromatic heterocycles. The second-order valence-corrected chi connectivity index (χ2v) is 13.5. The number of aromatic nitrogens is 1. The second kappa shape index (κ2) is 15.4. The van der Waals surface area contributed by atoms with Gasteiger partial charge in [-0.3, -0.25) is 9.36 Å². The molecule has 0 spiro atoms. The summed E-state index contributed by atoms with van der Waals surface area (Å²) in [6.45, 7) is 1.65. The van der Waals surface area contributed by atoms with Crippen LogP contribution in [0.25, 0.3) is 6.08 Å². The molecular weight excluding hydrogens is 748 g/mol. The quantitative estimate of drug-likeness (QED) is 0.133. The minimum atomic E-state index is -5.04. The molecule has 0 N–H and O–H groups in total. The van der Waals surface area contributed by atoms with Gasteiger partial charge in [-0.1, -0.05) is 82.5 Å². The molecule has 0 unspecified atom stereocenters. The first-order valence-electron chi connectivity index (χ1n) is 15.4. The van der Waals surface area contributed by atoms with Gasteiger partial charge in [-0.2, -0.15) is 13.2 Å². The van der Waals surface area contributed by atoms with Crippen molar-refractivity contribution in [3.63, 3.8) is 0 Å². The van der Waals surface area contributed by atoms with E-state index >= 15 is 0 Å². The van der Waals surface area contributed by atoms with E-state index in [0.29, 0.717) is 32.1 Å². The fraction of sp³-hybridized carbons (Fsp3) is 0.162. The Hall–Kier alpha value is -4.55. The number of halogens is 6. The van der Waals surface area contributed by atoms with Crippen LogP contribution in [0.4, 0.5) is 13.2 Å². The van der Waals surface area contributed by atoms with Gasteiger partial charge in [0.05, 0.1) is 22.8 Å². The average molecular weight is 774 g/mol. The molecule has 0 amide bonds. The van der Waals surface area contributed by atoms with Crippen molar-refractivity contribution in [2.75, 3.05) is 6.61 Å². The molecule has 2 heterocycles. The van der Waals surface area contributed by atoms with E-state index in [4.69, 9.17) is 49.0 Å². The molecule has 51 heavy (non-hydrogen) atoms. The number of allylic oxidation sites excluding steroid dienone is 1. The molecule has 1 atom stereocenters. The first-order valence-corrected chi connectivity index (χ1v) is 17.3. The summed E-state index contributed by atoms with van der Waals surface area (Å²) < 4.78 is 61.9. The summed E-state index contributed by atoms with van der Waals surface area (Å²) in [4.78, 5) is 30.8. The Balaban J connectivity index is 1.46. The fourth-order valence-electron chi connectivity index (χ4n) is 5.28. The van der Waals surface area contributed by atoms with Crippen molar-refractivity contribution in [1.29, 1.82) is 0 Å². The minimum Gasteiger partial charge on any atom is -0.489 e. The topological polar surface area (TPSA) is 79.1 Å². The van der Waals surface area contributed by atoms with Gasteiger partial charge in [0.15, 0.2) is 10.5 Å². The summed E-state index contributed by atoms with van der Waals surface area (Å²) in [6, 6.07) is 23.6. The third-order valence-electron chi connectivity index (χ3n) is 7.68. The Morgan fingerprint density at radius 3 is 2.00 bits per heavy atom. The van der Waals surface area contributed by atoms with Gasteiger partial charge in [-0.25, -0.2) is 9.79 Å². The Bertz CT molecular complexity index is 2290. The molecule has 0 saturated heterocycles. The number of rotatable bonds is 10. The number of hydrogen-bond acceptors (Lipinski definition) is 7. The van der Waals surface area contributed by atoms with Gasteiger partial charge >= 0.3 is 12.1 Å². The zero-order valence-electron chi connectivity index (χ0n) is 26.5. The molecule has 0 bridgehead atoms. The van der Waals surface area contributed by atoms with Crippen LogP contribution in [0.2, 0.25) is 15.1 Å². The molecule has 6 rings (SSSR count). The van der Waals surface area contributed by atoms with Gasteiger partial charge in [0.2, 0.25) is 0 Å². The highest BCUT2D eigenvalue weighted by Gasteiger charge is 2.45. The van der Waals surface area contributed by atoms with Crippen LogP contribution in [0.15, 0.2) is 112 Å². The van der Waals surface area contributed by atoms with Crippen molar-refractivity contribution in [2.45, 2.75) is 32.4 Å². The predicted molar refractivity (Wildman–Crippen MR) is 190 cm³/mol. The molecule has 1 aliphatic rings. The Morgan fingerprint density at radius 1 is 0.863 bits per heavy atom. The maximum Gasteiger partial charge on any atom is 0.434 e. The van der Waals surface area contributed by atoms with E-state index < -0.39 is 35.0 Å². The van der Waals surface area contributed by atoms with Gasteiger partial charge in [-0.05, 0) is 78.2 Å². The van der Waals surface area contributed by atoms with Crippen molar-refractivity contribution in [1.82, 2.24) is 4.57 Å². The lowest BCUT2D eigenvalue weighted by molar-refractivity contribution is -0.140. The lowest BCUT2D eigenvalue weighted by atomic mass is 9.95. The summed E-state index contributed by atoms with van der Waals surface area (Å²) in [5.41, 5.74) is -0.580.